The summed E-state index contributed by atoms with van der Waals surface area (Å²) in [5, 5.41) is 3.11. The van der Waals surface area contributed by atoms with Crippen molar-refractivity contribution < 1.29 is 9.53 Å². The Bertz CT molecular complexity index is 668. The fraction of sp³-hybridized carbons (Fsp3) is 0.316. The van der Waals surface area contributed by atoms with E-state index in [2.05, 4.69) is 29.6 Å². The van der Waals surface area contributed by atoms with E-state index in [1.165, 1.54) is 4.90 Å². The van der Waals surface area contributed by atoms with Gasteiger partial charge in [-0.15, -0.1) is 11.8 Å². The van der Waals surface area contributed by atoms with Crippen LogP contribution in [0.25, 0.3) is 0 Å². The monoisotopic (exact) mass is 327 g/mol. The van der Waals surface area contributed by atoms with E-state index >= 15 is 0 Å². The molecule has 0 bridgehead atoms. The summed E-state index contributed by atoms with van der Waals surface area (Å²) in [5.74, 6) is -0.0161. The molecule has 1 aliphatic rings. The summed E-state index contributed by atoms with van der Waals surface area (Å²) in [6, 6.07) is 18.0. The SMILES string of the molecule is COCc1ccccc1C(=O)NCC1(Sc2ccccc2)CC1. The Morgan fingerprint density at radius 2 is 1.83 bits per heavy atom. The molecular formula is C19H21NO2S. The summed E-state index contributed by atoms with van der Waals surface area (Å²) in [7, 11) is 1.64. The van der Waals surface area contributed by atoms with Crippen molar-refractivity contribution in [3.8, 4) is 0 Å². The Kier molecular flexibility index (Phi) is 5.03. The molecule has 1 saturated carbocycles. The third-order valence-electron chi connectivity index (χ3n) is 4.02. The maximum absolute atomic E-state index is 12.5. The van der Waals surface area contributed by atoms with Crippen LogP contribution in [0.5, 0.6) is 0 Å². The molecule has 0 heterocycles. The third kappa shape index (κ3) is 4.15. The predicted molar refractivity (Wildman–Crippen MR) is 93.8 cm³/mol. The number of carbonyl (C=O) groups excluding carboxylic acids is 1. The molecule has 1 aliphatic carbocycles. The quantitative estimate of drug-likeness (QED) is 0.838. The van der Waals surface area contributed by atoms with Gasteiger partial charge in [0.25, 0.3) is 5.91 Å². The first-order chi connectivity index (χ1) is 11.2. The number of hydrogen-bond acceptors (Lipinski definition) is 3. The lowest BCUT2D eigenvalue weighted by Crippen LogP contribution is -2.32. The van der Waals surface area contributed by atoms with Gasteiger partial charge in [0.1, 0.15) is 0 Å². The van der Waals surface area contributed by atoms with Crippen LogP contribution in [0.4, 0.5) is 0 Å². The molecule has 1 N–H and O–H groups in total. The maximum Gasteiger partial charge on any atom is 0.251 e. The van der Waals surface area contributed by atoms with Crippen molar-refractivity contribution in [1.82, 2.24) is 5.32 Å². The predicted octanol–water partition coefficient (Wildman–Crippen LogP) is 3.89. The topological polar surface area (TPSA) is 38.3 Å². The van der Waals surface area contributed by atoms with E-state index in [9.17, 15) is 4.79 Å². The van der Waals surface area contributed by atoms with Crippen molar-refractivity contribution in [1.29, 1.82) is 0 Å². The average molecular weight is 327 g/mol. The first kappa shape index (κ1) is 16.1. The van der Waals surface area contributed by atoms with Crippen LogP contribution in [0.15, 0.2) is 59.5 Å². The Morgan fingerprint density at radius 3 is 2.52 bits per heavy atom. The van der Waals surface area contributed by atoms with E-state index in [-0.39, 0.29) is 10.7 Å². The van der Waals surface area contributed by atoms with Crippen molar-refractivity contribution in [2.75, 3.05) is 13.7 Å². The Balaban J connectivity index is 1.61. The van der Waals surface area contributed by atoms with E-state index in [4.69, 9.17) is 4.74 Å². The van der Waals surface area contributed by atoms with Crippen LogP contribution >= 0.6 is 11.8 Å². The number of carbonyl (C=O) groups is 1. The first-order valence-corrected chi connectivity index (χ1v) is 8.63. The highest BCUT2D eigenvalue weighted by Crippen LogP contribution is 2.51. The van der Waals surface area contributed by atoms with Crippen molar-refractivity contribution >= 4 is 17.7 Å². The van der Waals surface area contributed by atoms with E-state index < -0.39 is 0 Å². The smallest absolute Gasteiger partial charge is 0.251 e. The number of thioether (sulfide) groups is 1. The number of amides is 1. The van der Waals surface area contributed by atoms with Crippen molar-refractivity contribution in [3.05, 3.63) is 65.7 Å². The second-order valence-corrected chi connectivity index (χ2v) is 7.41. The number of rotatable bonds is 7. The molecule has 0 saturated heterocycles. The average Bonchev–Trinajstić information content (AvgIpc) is 3.34. The molecule has 3 rings (SSSR count). The Hall–Kier alpha value is -1.78. The van der Waals surface area contributed by atoms with Gasteiger partial charge in [0, 0.05) is 28.9 Å². The van der Waals surface area contributed by atoms with E-state index in [1.54, 1.807) is 7.11 Å². The normalized spacial score (nSPS) is 15.2. The van der Waals surface area contributed by atoms with Crippen molar-refractivity contribution in [2.24, 2.45) is 0 Å². The van der Waals surface area contributed by atoms with Gasteiger partial charge in [-0.1, -0.05) is 36.4 Å². The zero-order valence-corrected chi connectivity index (χ0v) is 14.1. The fourth-order valence-electron chi connectivity index (χ4n) is 2.55. The Labute approximate surface area is 141 Å². The molecule has 1 fully saturated rings. The second kappa shape index (κ2) is 7.20. The van der Waals surface area contributed by atoms with Gasteiger partial charge in [0.05, 0.1) is 6.61 Å². The fourth-order valence-corrected chi connectivity index (χ4v) is 3.80. The van der Waals surface area contributed by atoms with Crippen LogP contribution in [0, 0.1) is 0 Å². The summed E-state index contributed by atoms with van der Waals surface area (Å²) in [4.78, 5) is 13.8. The molecule has 4 heteroatoms. The van der Waals surface area contributed by atoms with Gasteiger partial charge < -0.3 is 10.1 Å². The molecule has 0 radical (unpaired) electrons. The van der Waals surface area contributed by atoms with Crippen LogP contribution in [0.3, 0.4) is 0 Å². The molecule has 23 heavy (non-hydrogen) atoms. The number of ether oxygens (including phenoxy) is 1. The van der Waals surface area contributed by atoms with Gasteiger partial charge in [0.2, 0.25) is 0 Å². The van der Waals surface area contributed by atoms with Crippen LogP contribution in [-0.4, -0.2) is 24.3 Å². The zero-order valence-electron chi connectivity index (χ0n) is 13.2. The highest BCUT2D eigenvalue weighted by Gasteiger charge is 2.43. The van der Waals surface area contributed by atoms with Crippen LogP contribution in [0.1, 0.15) is 28.8 Å². The van der Waals surface area contributed by atoms with E-state index in [0.29, 0.717) is 18.7 Å². The minimum Gasteiger partial charge on any atom is -0.380 e. The molecule has 2 aromatic carbocycles. The first-order valence-electron chi connectivity index (χ1n) is 7.82. The van der Waals surface area contributed by atoms with E-state index in [1.807, 2.05) is 42.1 Å². The number of hydrogen-bond donors (Lipinski definition) is 1. The maximum atomic E-state index is 12.5. The van der Waals surface area contributed by atoms with Gasteiger partial charge in [-0.3, -0.25) is 4.79 Å². The summed E-state index contributed by atoms with van der Waals surface area (Å²) in [5.41, 5.74) is 1.63. The number of benzene rings is 2. The zero-order chi connectivity index (χ0) is 16.1. The lowest BCUT2D eigenvalue weighted by atomic mass is 10.1. The van der Waals surface area contributed by atoms with Crippen molar-refractivity contribution in [3.63, 3.8) is 0 Å². The minimum absolute atomic E-state index is 0.0161. The molecular weight excluding hydrogens is 306 g/mol. The third-order valence-corrected chi connectivity index (χ3v) is 5.51. The lowest BCUT2D eigenvalue weighted by Gasteiger charge is -2.16. The Morgan fingerprint density at radius 1 is 1.13 bits per heavy atom. The molecule has 0 aliphatic heterocycles. The largest absolute Gasteiger partial charge is 0.380 e. The van der Waals surface area contributed by atoms with Gasteiger partial charge in [0.15, 0.2) is 0 Å². The highest BCUT2D eigenvalue weighted by molar-refractivity contribution is 8.01. The molecule has 1 amide bonds. The van der Waals surface area contributed by atoms with Gasteiger partial charge in [-0.05, 0) is 36.6 Å². The summed E-state index contributed by atoms with van der Waals surface area (Å²) in [6.45, 7) is 1.15. The van der Waals surface area contributed by atoms with Crippen LogP contribution in [0.2, 0.25) is 0 Å². The summed E-state index contributed by atoms with van der Waals surface area (Å²) < 4.78 is 5.33. The van der Waals surface area contributed by atoms with E-state index in [0.717, 1.165) is 18.4 Å². The second-order valence-electron chi connectivity index (χ2n) is 5.87. The molecule has 3 nitrogen and oxygen atoms in total. The minimum atomic E-state index is -0.0161. The number of nitrogens with one attached hydrogen (secondary N) is 1. The summed E-state index contributed by atoms with van der Waals surface area (Å²) in [6.07, 6.45) is 2.29. The molecule has 0 unspecified atom stereocenters. The van der Waals surface area contributed by atoms with Gasteiger partial charge >= 0.3 is 0 Å². The van der Waals surface area contributed by atoms with Crippen LogP contribution < -0.4 is 5.32 Å². The molecule has 120 valence electrons. The molecule has 0 atom stereocenters. The lowest BCUT2D eigenvalue weighted by molar-refractivity contribution is 0.0948. The molecule has 2 aromatic rings. The standard InChI is InChI=1S/C19H21NO2S/c1-22-13-15-7-5-6-10-17(15)18(21)20-14-19(11-12-19)23-16-8-3-2-4-9-16/h2-10H,11-14H2,1H3,(H,20,21). The molecule has 0 aromatic heterocycles. The summed E-state index contributed by atoms with van der Waals surface area (Å²) >= 11 is 1.87. The number of methoxy groups -OCH3 is 1. The van der Waals surface area contributed by atoms with Gasteiger partial charge in [-0.2, -0.15) is 0 Å². The van der Waals surface area contributed by atoms with Crippen LogP contribution in [-0.2, 0) is 11.3 Å². The molecule has 0 spiro atoms. The van der Waals surface area contributed by atoms with Crippen molar-refractivity contribution in [2.45, 2.75) is 29.1 Å². The highest BCUT2D eigenvalue weighted by atomic mass is 32.2. The van der Waals surface area contributed by atoms with Gasteiger partial charge in [-0.25, -0.2) is 0 Å².